The van der Waals surface area contributed by atoms with E-state index in [1.54, 1.807) is 0 Å². The molecule has 5 heteroatoms. The smallest absolute Gasteiger partial charge is 0.142 e. The summed E-state index contributed by atoms with van der Waals surface area (Å²) < 4.78 is 8.04. The van der Waals surface area contributed by atoms with Crippen molar-refractivity contribution in [3.8, 4) is 5.75 Å². The minimum absolute atomic E-state index is 0.284. The molecule has 4 aromatic carbocycles. The van der Waals surface area contributed by atoms with Gasteiger partial charge in [-0.25, -0.2) is 0 Å². The molecule has 1 aliphatic heterocycles. The summed E-state index contributed by atoms with van der Waals surface area (Å²) in [7, 11) is 0. The number of nitrogens with one attached hydrogen (secondary N) is 1. The summed E-state index contributed by atoms with van der Waals surface area (Å²) in [6.07, 6.45) is 7.68. The highest BCUT2D eigenvalue weighted by molar-refractivity contribution is 9.11. The Bertz CT molecular complexity index is 1460. The molecule has 3 nitrogen and oxygen atoms in total. The molecule has 1 N–H and O–H groups in total. The van der Waals surface area contributed by atoms with Crippen molar-refractivity contribution in [1.82, 2.24) is 0 Å². The van der Waals surface area contributed by atoms with Crippen LogP contribution in [0.15, 0.2) is 117 Å². The molecule has 0 unspecified atom stereocenters. The number of hydrogen-bond donors (Lipinski definition) is 1. The normalized spacial score (nSPS) is 19.9. The first kappa shape index (κ1) is 24.2. The number of rotatable bonds is 6. The van der Waals surface area contributed by atoms with Crippen LogP contribution in [0, 0.1) is 5.92 Å². The molecule has 0 aromatic heterocycles. The van der Waals surface area contributed by atoms with Crippen LogP contribution in [0.25, 0.3) is 0 Å². The maximum absolute atomic E-state index is 6.19. The molecule has 0 fully saturated rings. The third-order valence-corrected chi connectivity index (χ3v) is 8.19. The monoisotopic (exact) mass is 612 g/mol. The second kappa shape index (κ2) is 10.7. The summed E-state index contributed by atoms with van der Waals surface area (Å²) in [6.45, 7) is 0.491. The van der Waals surface area contributed by atoms with E-state index in [-0.39, 0.29) is 6.04 Å². The second-order valence-electron chi connectivity index (χ2n) is 9.49. The minimum Gasteiger partial charge on any atom is -0.487 e. The summed E-state index contributed by atoms with van der Waals surface area (Å²) in [6, 6.07) is 31.8. The number of ether oxygens (including phenoxy) is 1. The highest BCUT2D eigenvalue weighted by Crippen LogP contribution is 2.49. The summed E-state index contributed by atoms with van der Waals surface area (Å²) in [5.74, 6) is 1.79. The zero-order valence-electron chi connectivity index (χ0n) is 20.1. The lowest BCUT2D eigenvalue weighted by molar-refractivity contribution is 0.304. The lowest BCUT2D eigenvalue weighted by Gasteiger charge is -2.37. The van der Waals surface area contributed by atoms with Crippen molar-refractivity contribution in [2.75, 3.05) is 5.32 Å². The molecule has 0 saturated heterocycles. The van der Waals surface area contributed by atoms with Gasteiger partial charge >= 0.3 is 0 Å². The van der Waals surface area contributed by atoms with Gasteiger partial charge in [0.2, 0.25) is 0 Å². The molecule has 1 heterocycles. The molecule has 0 amide bonds. The molecule has 184 valence electrons. The van der Waals surface area contributed by atoms with Crippen LogP contribution in [-0.4, -0.2) is 6.21 Å². The first-order valence-corrected chi connectivity index (χ1v) is 14.1. The third kappa shape index (κ3) is 5.16. The van der Waals surface area contributed by atoms with Gasteiger partial charge in [0.1, 0.15) is 12.4 Å². The molecule has 3 atom stereocenters. The molecule has 2 aliphatic rings. The first-order valence-electron chi connectivity index (χ1n) is 12.5. The number of nitrogens with zero attached hydrogens (tertiary/aromatic N) is 1. The summed E-state index contributed by atoms with van der Waals surface area (Å²) in [4.78, 5) is 4.78. The standard InChI is InChI=1S/C32H26Br2N2O/c33-24-17-23(32(29(34)18-24)37-20-21-7-2-1-3-8-21)19-35-25-15-13-22(14-16-25)31-28-11-6-10-26(28)27-9-4-5-12-30(27)36-31/h1-10,12-19,26,28,31,36H,11,20H2/t26-,28+,31+/m1/s1. The Morgan fingerprint density at radius 1 is 0.919 bits per heavy atom. The van der Waals surface area contributed by atoms with E-state index in [1.807, 2.05) is 36.5 Å². The van der Waals surface area contributed by atoms with Crippen LogP contribution in [0.1, 0.15) is 40.6 Å². The number of hydrogen-bond acceptors (Lipinski definition) is 3. The number of fused-ring (bicyclic) bond motifs is 3. The molecule has 0 spiro atoms. The Balaban J connectivity index is 1.22. The van der Waals surface area contributed by atoms with Gasteiger partial charge in [0.25, 0.3) is 0 Å². The number of allylic oxidation sites excluding steroid dienone is 2. The molecule has 37 heavy (non-hydrogen) atoms. The molecule has 0 bridgehead atoms. The van der Waals surface area contributed by atoms with Crippen molar-refractivity contribution in [2.24, 2.45) is 10.9 Å². The Kier molecular flexibility index (Phi) is 6.99. The van der Waals surface area contributed by atoms with Crippen molar-refractivity contribution < 1.29 is 4.74 Å². The van der Waals surface area contributed by atoms with Crippen molar-refractivity contribution in [3.63, 3.8) is 0 Å². The lowest BCUT2D eigenvalue weighted by atomic mass is 9.77. The van der Waals surface area contributed by atoms with Gasteiger partial charge in [-0.2, -0.15) is 0 Å². The lowest BCUT2D eigenvalue weighted by Crippen LogP contribution is -2.28. The van der Waals surface area contributed by atoms with Gasteiger partial charge in [-0.1, -0.05) is 88.7 Å². The number of halogens is 2. The number of para-hydroxylation sites is 1. The highest BCUT2D eigenvalue weighted by atomic mass is 79.9. The molecule has 4 aromatic rings. The molecular formula is C32H26Br2N2O. The van der Waals surface area contributed by atoms with E-state index in [2.05, 4.69) is 110 Å². The van der Waals surface area contributed by atoms with E-state index >= 15 is 0 Å². The topological polar surface area (TPSA) is 33.6 Å². The molecule has 0 radical (unpaired) electrons. The van der Waals surface area contributed by atoms with Gasteiger partial charge < -0.3 is 10.1 Å². The predicted octanol–water partition coefficient (Wildman–Crippen LogP) is 9.37. The molecular weight excluding hydrogens is 588 g/mol. The fourth-order valence-electron chi connectivity index (χ4n) is 5.34. The zero-order valence-corrected chi connectivity index (χ0v) is 23.3. The van der Waals surface area contributed by atoms with Crippen molar-refractivity contribution in [1.29, 1.82) is 0 Å². The maximum atomic E-state index is 6.19. The quantitative estimate of drug-likeness (QED) is 0.174. The van der Waals surface area contributed by atoms with Crippen LogP contribution in [0.4, 0.5) is 11.4 Å². The highest BCUT2D eigenvalue weighted by Gasteiger charge is 2.37. The summed E-state index contributed by atoms with van der Waals surface area (Å²) >= 11 is 7.25. The zero-order chi connectivity index (χ0) is 25.2. The van der Waals surface area contributed by atoms with Crippen LogP contribution in [0.2, 0.25) is 0 Å². The fourth-order valence-corrected chi connectivity index (χ4v) is 6.72. The van der Waals surface area contributed by atoms with Crippen LogP contribution in [0.3, 0.4) is 0 Å². The van der Waals surface area contributed by atoms with E-state index in [0.717, 1.165) is 37.9 Å². The van der Waals surface area contributed by atoms with E-state index in [0.29, 0.717) is 18.4 Å². The largest absolute Gasteiger partial charge is 0.487 e. The van der Waals surface area contributed by atoms with Gasteiger partial charge in [0, 0.05) is 27.9 Å². The van der Waals surface area contributed by atoms with Crippen LogP contribution < -0.4 is 10.1 Å². The van der Waals surface area contributed by atoms with Crippen molar-refractivity contribution in [3.05, 3.63) is 134 Å². The molecule has 1 aliphatic carbocycles. The Morgan fingerprint density at radius 3 is 2.54 bits per heavy atom. The minimum atomic E-state index is 0.284. The second-order valence-corrected chi connectivity index (χ2v) is 11.3. The number of aliphatic imine (C=N–C) groups is 1. The third-order valence-electron chi connectivity index (χ3n) is 7.14. The Labute approximate surface area is 234 Å². The van der Waals surface area contributed by atoms with E-state index in [1.165, 1.54) is 16.8 Å². The average Bonchev–Trinajstić information content (AvgIpc) is 3.42. The van der Waals surface area contributed by atoms with Gasteiger partial charge in [-0.3, -0.25) is 4.99 Å². The summed E-state index contributed by atoms with van der Waals surface area (Å²) in [5, 5.41) is 3.80. The Hall–Kier alpha value is -3.15. The van der Waals surface area contributed by atoms with E-state index in [4.69, 9.17) is 9.73 Å². The maximum Gasteiger partial charge on any atom is 0.142 e. The SMILES string of the molecule is Brc1cc(Br)c(OCc2ccccc2)c(C=Nc2ccc([C@@H]3Nc4ccccc4[C@H]4C=CC[C@@H]43)cc2)c1. The fraction of sp³-hybridized carbons (Fsp3) is 0.156. The van der Waals surface area contributed by atoms with Crippen LogP contribution >= 0.6 is 31.9 Å². The number of benzene rings is 4. The van der Waals surface area contributed by atoms with E-state index < -0.39 is 0 Å². The van der Waals surface area contributed by atoms with Gasteiger partial charge in [0.15, 0.2) is 0 Å². The van der Waals surface area contributed by atoms with Crippen LogP contribution in [0.5, 0.6) is 5.75 Å². The van der Waals surface area contributed by atoms with Crippen molar-refractivity contribution >= 4 is 49.4 Å². The van der Waals surface area contributed by atoms with Crippen LogP contribution in [-0.2, 0) is 6.61 Å². The molecule has 0 saturated carbocycles. The summed E-state index contributed by atoms with van der Waals surface area (Å²) in [5.41, 5.74) is 6.88. The van der Waals surface area contributed by atoms with Gasteiger partial charge in [0.05, 0.1) is 16.2 Å². The Morgan fingerprint density at radius 2 is 1.70 bits per heavy atom. The predicted molar refractivity (Wildman–Crippen MR) is 159 cm³/mol. The van der Waals surface area contributed by atoms with E-state index in [9.17, 15) is 0 Å². The number of anilines is 1. The van der Waals surface area contributed by atoms with Gasteiger partial charge in [-0.05, 0) is 75.3 Å². The molecule has 6 rings (SSSR count). The van der Waals surface area contributed by atoms with Crippen molar-refractivity contribution in [2.45, 2.75) is 25.0 Å². The average molecular weight is 614 g/mol. The first-order chi connectivity index (χ1) is 18.2. The van der Waals surface area contributed by atoms with Gasteiger partial charge in [-0.15, -0.1) is 0 Å².